The number of hydrogen-bond acceptors (Lipinski definition) is 1. The zero-order valence-electron chi connectivity index (χ0n) is 8.62. The van der Waals surface area contributed by atoms with Gasteiger partial charge >= 0.3 is 0 Å². The Bertz CT molecular complexity index is 272. The zero-order chi connectivity index (χ0) is 9.68. The summed E-state index contributed by atoms with van der Waals surface area (Å²) in [7, 11) is 0. The van der Waals surface area contributed by atoms with Crippen LogP contribution in [0.2, 0.25) is 0 Å². The maximum Gasteiger partial charge on any atom is 0.0469 e. The normalized spacial score (nSPS) is 13.5. The van der Waals surface area contributed by atoms with Crippen LogP contribution >= 0.6 is 0 Å². The summed E-state index contributed by atoms with van der Waals surface area (Å²) in [5.74, 6) is 0. The van der Waals surface area contributed by atoms with E-state index in [0.29, 0.717) is 6.04 Å². The molecule has 0 spiro atoms. The van der Waals surface area contributed by atoms with E-state index < -0.39 is 0 Å². The molecule has 1 nitrogen and oxygen atoms in total. The number of aryl methyl sites for hydroxylation is 1. The Morgan fingerprint density at radius 2 is 1.92 bits per heavy atom. The molecule has 70 valence electrons. The van der Waals surface area contributed by atoms with Crippen LogP contribution in [0.4, 0.5) is 0 Å². The molecule has 1 aromatic rings. The molecular weight excluding hydrogens is 158 g/mol. The highest BCUT2D eigenvalue weighted by atomic mass is 14.7. The van der Waals surface area contributed by atoms with Gasteiger partial charge in [0.25, 0.3) is 0 Å². The van der Waals surface area contributed by atoms with Gasteiger partial charge in [0.1, 0.15) is 0 Å². The monoisotopic (exact) mass is 175 g/mol. The first-order valence-corrected chi connectivity index (χ1v) is 4.82. The minimum Gasteiger partial charge on any atom is -0.290 e. The molecule has 0 heterocycles. The third kappa shape index (κ3) is 3.41. The van der Waals surface area contributed by atoms with Crippen molar-refractivity contribution in [2.45, 2.75) is 33.2 Å². The lowest BCUT2D eigenvalue weighted by Gasteiger charge is -2.00. The van der Waals surface area contributed by atoms with E-state index in [4.69, 9.17) is 0 Å². The van der Waals surface area contributed by atoms with Crippen molar-refractivity contribution in [2.24, 2.45) is 4.99 Å². The zero-order valence-corrected chi connectivity index (χ0v) is 8.62. The summed E-state index contributed by atoms with van der Waals surface area (Å²) in [5, 5.41) is 0. The molecule has 0 N–H and O–H groups in total. The number of nitrogens with zero attached hydrogens (tertiary/aromatic N) is 1. The van der Waals surface area contributed by atoms with Gasteiger partial charge in [-0.2, -0.15) is 0 Å². The number of aliphatic imine (C=N–C) groups is 1. The van der Waals surface area contributed by atoms with Crippen LogP contribution in [-0.2, 0) is 0 Å². The van der Waals surface area contributed by atoms with E-state index in [0.717, 1.165) is 6.42 Å². The summed E-state index contributed by atoms with van der Waals surface area (Å²) in [6.07, 6.45) is 3.05. The molecule has 13 heavy (non-hydrogen) atoms. The summed E-state index contributed by atoms with van der Waals surface area (Å²) in [5.41, 5.74) is 2.48. The Labute approximate surface area is 80.5 Å². The average Bonchev–Trinajstić information content (AvgIpc) is 2.16. The highest BCUT2D eigenvalue weighted by Gasteiger charge is 1.91. The van der Waals surface area contributed by atoms with E-state index in [9.17, 15) is 0 Å². The Morgan fingerprint density at radius 1 is 1.31 bits per heavy atom. The predicted molar refractivity (Wildman–Crippen MR) is 58.5 cm³/mol. The van der Waals surface area contributed by atoms with E-state index in [-0.39, 0.29) is 0 Å². The molecule has 0 fully saturated rings. The second kappa shape index (κ2) is 4.80. The molecule has 0 unspecified atom stereocenters. The standard InChI is InChI=1S/C12H17N/c1-4-11(3)13-9-12-7-5-10(2)6-8-12/h5-9,11H,4H2,1-3H3/t11-/m1/s1. The third-order valence-electron chi connectivity index (χ3n) is 2.15. The molecule has 1 aromatic carbocycles. The van der Waals surface area contributed by atoms with E-state index >= 15 is 0 Å². The van der Waals surface area contributed by atoms with Crippen molar-refractivity contribution in [3.8, 4) is 0 Å². The van der Waals surface area contributed by atoms with Crippen LogP contribution in [0.25, 0.3) is 0 Å². The van der Waals surface area contributed by atoms with Crippen LogP contribution in [0.1, 0.15) is 31.4 Å². The number of hydrogen-bond donors (Lipinski definition) is 0. The minimum atomic E-state index is 0.432. The average molecular weight is 175 g/mol. The van der Waals surface area contributed by atoms with Gasteiger partial charge in [-0.25, -0.2) is 0 Å². The van der Waals surface area contributed by atoms with Gasteiger partial charge in [-0.3, -0.25) is 4.99 Å². The maximum atomic E-state index is 4.42. The van der Waals surface area contributed by atoms with E-state index in [1.165, 1.54) is 11.1 Å². The van der Waals surface area contributed by atoms with E-state index in [1.54, 1.807) is 0 Å². The maximum absolute atomic E-state index is 4.42. The van der Waals surface area contributed by atoms with Gasteiger partial charge in [0.15, 0.2) is 0 Å². The summed E-state index contributed by atoms with van der Waals surface area (Å²) in [6, 6.07) is 8.85. The van der Waals surface area contributed by atoms with Crippen LogP contribution < -0.4 is 0 Å². The molecule has 0 bridgehead atoms. The van der Waals surface area contributed by atoms with Crippen molar-refractivity contribution in [3.63, 3.8) is 0 Å². The van der Waals surface area contributed by atoms with Gasteiger partial charge in [0.2, 0.25) is 0 Å². The second-order valence-electron chi connectivity index (χ2n) is 3.45. The van der Waals surface area contributed by atoms with Gasteiger partial charge in [0, 0.05) is 12.3 Å². The van der Waals surface area contributed by atoms with Gasteiger partial charge < -0.3 is 0 Å². The number of benzene rings is 1. The summed E-state index contributed by atoms with van der Waals surface area (Å²) >= 11 is 0. The molecule has 0 aliphatic rings. The predicted octanol–water partition coefficient (Wildman–Crippen LogP) is 3.21. The first kappa shape index (κ1) is 9.97. The fourth-order valence-electron chi connectivity index (χ4n) is 0.971. The van der Waals surface area contributed by atoms with E-state index in [2.05, 4.69) is 50.0 Å². The third-order valence-corrected chi connectivity index (χ3v) is 2.15. The Kier molecular flexibility index (Phi) is 3.69. The SMILES string of the molecule is CC[C@@H](C)N=Cc1ccc(C)cc1. The lowest BCUT2D eigenvalue weighted by Crippen LogP contribution is -1.95. The van der Waals surface area contributed by atoms with Crippen molar-refractivity contribution >= 4 is 6.21 Å². The number of rotatable bonds is 3. The van der Waals surface area contributed by atoms with Crippen LogP contribution in [0, 0.1) is 6.92 Å². The largest absolute Gasteiger partial charge is 0.290 e. The lowest BCUT2D eigenvalue weighted by molar-refractivity contribution is 0.720. The lowest BCUT2D eigenvalue weighted by atomic mass is 10.2. The second-order valence-corrected chi connectivity index (χ2v) is 3.45. The fourth-order valence-corrected chi connectivity index (χ4v) is 0.971. The van der Waals surface area contributed by atoms with Crippen LogP contribution in [-0.4, -0.2) is 12.3 Å². The fraction of sp³-hybridized carbons (Fsp3) is 0.417. The van der Waals surface area contributed by atoms with Gasteiger partial charge in [-0.1, -0.05) is 36.8 Å². The van der Waals surface area contributed by atoms with Crippen LogP contribution in [0.5, 0.6) is 0 Å². The van der Waals surface area contributed by atoms with E-state index in [1.807, 2.05) is 6.21 Å². The highest BCUT2D eigenvalue weighted by Crippen LogP contribution is 2.01. The molecule has 0 aromatic heterocycles. The van der Waals surface area contributed by atoms with Crippen LogP contribution in [0.3, 0.4) is 0 Å². The first-order chi connectivity index (χ1) is 6.22. The van der Waals surface area contributed by atoms with Crippen molar-refractivity contribution in [2.75, 3.05) is 0 Å². The first-order valence-electron chi connectivity index (χ1n) is 4.82. The molecule has 1 heteroatoms. The molecule has 0 radical (unpaired) electrons. The Hall–Kier alpha value is -1.11. The molecule has 0 aliphatic heterocycles. The molecule has 0 saturated heterocycles. The summed E-state index contributed by atoms with van der Waals surface area (Å²) in [6.45, 7) is 6.37. The summed E-state index contributed by atoms with van der Waals surface area (Å²) < 4.78 is 0. The molecule has 0 saturated carbocycles. The Morgan fingerprint density at radius 3 is 2.46 bits per heavy atom. The van der Waals surface area contributed by atoms with Crippen LogP contribution in [0.15, 0.2) is 29.3 Å². The summed E-state index contributed by atoms with van der Waals surface area (Å²) in [4.78, 5) is 4.42. The Balaban J connectivity index is 2.64. The van der Waals surface area contributed by atoms with Crippen molar-refractivity contribution in [3.05, 3.63) is 35.4 Å². The molecular formula is C12H17N. The minimum absolute atomic E-state index is 0.432. The van der Waals surface area contributed by atoms with Crippen molar-refractivity contribution in [1.29, 1.82) is 0 Å². The van der Waals surface area contributed by atoms with Crippen molar-refractivity contribution in [1.82, 2.24) is 0 Å². The quantitative estimate of drug-likeness (QED) is 0.625. The van der Waals surface area contributed by atoms with Gasteiger partial charge in [-0.15, -0.1) is 0 Å². The van der Waals surface area contributed by atoms with Gasteiger partial charge in [0.05, 0.1) is 0 Å². The molecule has 1 rings (SSSR count). The topological polar surface area (TPSA) is 12.4 Å². The molecule has 0 amide bonds. The molecule has 0 aliphatic carbocycles. The van der Waals surface area contributed by atoms with Gasteiger partial charge in [-0.05, 0) is 25.8 Å². The molecule has 1 atom stereocenters. The highest BCUT2D eigenvalue weighted by molar-refractivity contribution is 5.79. The van der Waals surface area contributed by atoms with Crippen molar-refractivity contribution < 1.29 is 0 Å². The smallest absolute Gasteiger partial charge is 0.0469 e.